The summed E-state index contributed by atoms with van der Waals surface area (Å²) in [5.41, 5.74) is 0.119. The highest BCUT2D eigenvalue weighted by atomic mass is 35.5. The molecule has 0 aromatic heterocycles. The highest BCUT2D eigenvalue weighted by Crippen LogP contribution is 2.33. The molecule has 1 aliphatic heterocycles. The van der Waals surface area contributed by atoms with E-state index in [1.807, 2.05) is 0 Å². The molecule has 2 aromatic rings. The molecular weight excluding hydrogens is 549 g/mol. The number of benzene rings is 2. The van der Waals surface area contributed by atoms with Gasteiger partial charge in [0.1, 0.15) is 18.4 Å². The number of carbonyl (C=O) groups is 1. The SMILES string of the molecule is CC[C@H](C(=O)NCCOc1ccc(S(=O)(=O)N2CCCC2)cc1)N(c1cc(Cl)ccc1Cl)S(C)(=O)=O. The van der Waals surface area contributed by atoms with Crippen LogP contribution in [0.1, 0.15) is 26.2 Å². The molecule has 3 rings (SSSR count). The average molecular weight is 579 g/mol. The molecule has 0 spiro atoms. The van der Waals surface area contributed by atoms with Gasteiger partial charge in [0.25, 0.3) is 0 Å². The highest BCUT2D eigenvalue weighted by Gasteiger charge is 2.33. The third kappa shape index (κ3) is 6.83. The minimum atomic E-state index is -3.86. The van der Waals surface area contributed by atoms with Crippen LogP contribution in [0.15, 0.2) is 47.4 Å². The van der Waals surface area contributed by atoms with Gasteiger partial charge in [-0.3, -0.25) is 9.10 Å². The summed E-state index contributed by atoms with van der Waals surface area (Å²) < 4.78 is 58.4. The van der Waals surface area contributed by atoms with Crippen molar-refractivity contribution in [2.45, 2.75) is 37.1 Å². The largest absolute Gasteiger partial charge is 0.492 e. The van der Waals surface area contributed by atoms with Gasteiger partial charge in [-0.15, -0.1) is 0 Å². The molecule has 9 nitrogen and oxygen atoms in total. The van der Waals surface area contributed by atoms with Gasteiger partial charge in [-0.2, -0.15) is 4.31 Å². The third-order valence-electron chi connectivity index (χ3n) is 5.67. The fraction of sp³-hybridized carbons (Fsp3) is 0.435. The summed E-state index contributed by atoms with van der Waals surface area (Å²) in [4.78, 5) is 13.1. The standard InChI is InChI=1S/C23H29Cl2N3O6S2/c1-3-21(28(35(2,30)31)22-16-17(24)6-11-20(22)25)23(29)26-12-15-34-18-7-9-19(10-8-18)36(32,33)27-13-4-5-14-27/h6-11,16,21H,3-5,12-15H2,1-2H3,(H,26,29)/t21-/m1/s1. The number of nitrogens with one attached hydrogen (secondary N) is 1. The Morgan fingerprint density at radius 3 is 2.31 bits per heavy atom. The Labute approximate surface area is 222 Å². The quantitative estimate of drug-likeness (QED) is 0.409. The van der Waals surface area contributed by atoms with E-state index in [0.717, 1.165) is 23.4 Å². The Bertz CT molecular complexity index is 1280. The van der Waals surface area contributed by atoms with Crippen LogP contribution in [0, 0.1) is 0 Å². The molecule has 0 radical (unpaired) electrons. The molecule has 1 atom stereocenters. The second-order valence-electron chi connectivity index (χ2n) is 8.30. The Hall–Kier alpha value is -2.05. The number of amides is 1. The first kappa shape index (κ1) is 28.5. The monoisotopic (exact) mass is 577 g/mol. The first-order valence-corrected chi connectivity index (χ1v) is 15.4. The van der Waals surface area contributed by atoms with Gasteiger partial charge in [0.05, 0.1) is 28.4 Å². The number of ether oxygens (including phenoxy) is 1. The number of halogens is 2. The third-order valence-corrected chi connectivity index (χ3v) is 9.31. The molecule has 1 heterocycles. The van der Waals surface area contributed by atoms with Crippen LogP contribution >= 0.6 is 23.2 Å². The molecule has 0 bridgehead atoms. The zero-order chi connectivity index (χ0) is 26.5. The minimum Gasteiger partial charge on any atom is -0.492 e. The van der Waals surface area contributed by atoms with Crippen LogP contribution in [0.4, 0.5) is 5.69 Å². The summed E-state index contributed by atoms with van der Waals surface area (Å²) in [6.45, 7) is 2.94. The number of rotatable bonds is 11. The fourth-order valence-corrected chi connectivity index (χ4v) is 7.09. The molecule has 0 aliphatic carbocycles. The summed E-state index contributed by atoms with van der Waals surface area (Å²) in [5, 5.41) is 3.12. The molecule has 0 saturated carbocycles. The Kier molecular flexibility index (Phi) is 9.50. The predicted molar refractivity (Wildman–Crippen MR) is 141 cm³/mol. The lowest BCUT2D eigenvalue weighted by atomic mass is 10.2. The van der Waals surface area contributed by atoms with Crippen molar-refractivity contribution in [2.75, 3.05) is 36.8 Å². The van der Waals surface area contributed by atoms with E-state index < -0.39 is 32.0 Å². The van der Waals surface area contributed by atoms with Crippen LogP contribution in [0.3, 0.4) is 0 Å². The van der Waals surface area contributed by atoms with Gasteiger partial charge < -0.3 is 10.1 Å². The second-order valence-corrected chi connectivity index (χ2v) is 12.9. The number of hydrogen-bond acceptors (Lipinski definition) is 6. The lowest BCUT2D eigenvalue weighted by molar-refractivity contribution is -0.122. The molecule has 13 heteroatoms. The van der Waals surface area contributed by atoms with Gasteiger partial charge in [-0.25, -0.2) is 16.8 Å². The van der Waals surface area contributed by atoms with Crippen LogP contribution in [-0.4, -0.2) is 65.6 Å². The Balaban J connectivity index is 1.60. The normalized spacial score (nSPS) is 15.4. The Morgan fingerprint density at radius 2 is 1.72 bits per heavy atom. The predicted octanol–water partition coefficient (Wildman–Crippen LogP) is 3.52. The smallest absolute Gasteiger partial charge is 0.244 e. The average Bonchev–Trinajstić information content (AvgIpc) is 3.37. The summed E-state index contributed by atoms with van der Waals surface area (Å²) in [6.07, 6.45) is 2.91. The molecule has 0 unspecified atom stereocenters. The number of nitrogens with zero attached hydrogens (tertiary/aromatic N) is 2. The zero-order valence-corrected chi connectivity index (χ0v) is 23.1. The van der Waals surface area contributed by atoms with E-state index in [4.69, 9.17) is 27.9 Å². The molecule has 1 N–H and O–H groups in total. The highest BCUT2D eigenvalue weighted by molar-refractivity contribution is 7.92. The van der Waals surface area contributed by atoms with Gasteiger partial charge in [0.15, 0.2) is 0 Å². The van der Waals surface area contributed by atoms with Crippen LogP contribution < -0.4 is 14.4 Å². The first-order chi connectivity index (χ1) is 16.9. The van der Waals surface area contributed by atoms with Crippen molar-refractivity contribution in [3.8, 4) is 5.75 Å². The number of anilines is 1. The molecule has 198 valence electrons. The molecule has 1 aliphatic rings. The van der Waals surface area contributed by atoms with Gasteiger partial charge in [0, 0.05) is 18.1 Å². The second kappa shape index (κ2) is 12.0. The summed E-state index contributed by atoms with van der Waals surface area (Å²) in [5.74, 6) is -0.0743. The molecule has 1 saturated heterocycles. The Morgan fingerprint density at radius 1 is 1.08 bits per heavy atom. The molecule has 1 amide bonds. The summed E-state index contributed by atoms with van der Waals surface area (Å²) in [7, 11) is -7.37. The van der Waals surface area contributed by atoms with Gasteiger partial charge in [-0.05, 0) is 61.7 Å². The van der Waals surface area contributed by atoms with E-state index >= 15 is 0 Å². The maximum absolute atomic E-state index is 12.9. The van der Waals surface area contributed by atoms with Gasteiger partial charge in [-0.1, -0.05) is 30.1 Å². The van der Waals surface area contributed by atoms with Crippen molar-refractivity contribution in [1.29, 1.82) is 0 Å². The maximum Gasteiger partial charge on any atom is 0.244 e. The van der Waals surface area contributed by atoms with Crippen molar-refractivity contribution >= 4 is 54.8 Å². The van der Waals surface area contributed by atoms with E-state index in [1.165, 1.54) is 34.6 Å². The van der Waals surface area contributed by atoms with Gasteiger partial charge >= 0.3 is 0 Å². The van der Waals surface area contributed by atoms with Crippen molar-refractivity contribution in [3.63, 3.8) is 0 Å². The van der Waals surface area contributed by atoms with E-state index in [1.54, 1.807) is 19.1 Å². The van der Waals surface area contributed by atoms with E-state index in [9.17, 15) is 21.6 Å². The fourth-order valence-electron chi connectivity index (χ4n) is 3.94. The minimum absolute atomic E-state index is 0.0944. The van der Waals surface area contributed by atoms with E-state index in [2.05, 4.69) is 5.32 Å². The van der Waals surface area contributed by atoms with E-state index in [-0.39, 0.29) is 40.2 Å². The number of hydrogen-bond donors (Lipinski definition) is 1. The van der Waals surface area contributed by atoms with Crippen molar-refractivity contribution in [2.24, 2.45) is 0 Å². The van der Waals surface area contributed by atoms with Crippen molar-refractivity contribution in [1.82, 2.24) is 9.62 Å². The lowest BCUT2D eigenvalue weighted by Crippen LogP contribution is -2.50. The van der Waals surface area contributed by atoms with Crippen molar-refractivity contribution < 1.29 is 26.4 Å². The van der Waals surface area contributed by atoms with Crippen LogP contribution in [0.2, 0.25) is 10.0 Å². The summed E-state index contributed by atoms with van der Waals surface area (Å²) in [6, 6.07) is 9.46. The number of carbonyl (C=O) groups excluding carboxylic acids is 1. The maximum atomic E-state index is 12.9. The van der Waals surface area contributed by atoms with E-state index in [0.29, 0.717) is 18.8 Å². The van der Waals surface area contributed by atoms with Crippen molar-refractivity contribution in [3.05, 3.63) is 52.5 Å². The van der Waals surface area contributed by atoms with Gasteiger partial charge in [0.2, 0.25) is 26.0 Å². The van der Waals surface area contributed by atoms with Crippen LogP contribution in [0.5, 0.6) is 5.75 Å². The molecular formula is C23H29Cl2N3O6S2. The van der Waals surface area contributed by atoms with Crippen LogP contribution in [-0.2, 0) is 24.8 Å². The topological polar surface area (TPSA) is 113 Å². The zero-order valence-electron chi connectivity index (χ0n) is 20.0. The molecule has 36 heavy (non-hydrogen) atoms. The van der Waals surface area contributed by atoms with Crippen LogP contribution in [0.25, 0.3) is 0 Å². The molecule has 2 aromatic carbocycles. The first-order valence-electron chi connectivity index (χ1n) is 11.4. The summed E-state index contributed by atoms with van der Waals surface area (Å²) >= 11 is 12.3. The molecule has 1 fully saturated rings. The number of sulfonamides is 2. The lowest BCUT2D eigenvalue weighted by Gasteiger charge is -2.30.